The van der Waals surface area contributed by atoms with Crippen LogP contribution in [0.2, 0.25) is 0 Å². The molecule has 0 spiro atoms. The average Bonchev–Trinajstić information content (AvgIpc) is 2.86. The van der Waals surface area contributed by atoms with Gasteiger partial charge < -0.3 is 10.3 Å². The van der Waals surface area contributed by atoms with Crippen molar-refractivity contribution in [2.75, 3.05) is 13.1 Å². The van der Waals surface area contributed by atoms with Gasteiger partial charge >= 0.3 is 0 Å². The Kier molecular flexibility index (Phi) is 3.99. The van der Waals surface area contributed by atoms with Crippen molar-refractivity contribution in [3.63, 3.8) is 0 Å². The van der Waals surface area contributed by atoms with Crippen molar-refractivity contribution in [1.29, 1.82) is 0 Å². The first-order valence-corrected chi connectivity index (χ1v) is 6.41. The van der Waals surface area contributed by atoms with Gasteiger partial charge in [0, 0.05) is 29.2 Å². The van der Waals surface area contributed by atoms with E-state index in [4.69, 9.17) is 0 Å². The SMILES string of the molecule is C1=C(c2c[nH]c3ccccc23)CCNC1.CC. The lowest BCUT2D eigenvalue weighted by Gasteiger charge is -2.13. The van der Waals surface area contributed by atoms with Gasteiger partial charge in [-0.05, 0) is 24.6 Å². The third kappa shape index (κ3) is 2.42. The minimum Gasteiger partial charge on any atom is -0.361 e. The Balaban J connectivity index is 0.000000514. The standard InChI is InChI=1S/C13H14N2.C2H6/c1-2-4-13-11(3-1)12(9-15-13)10-5-7-14-8-6-10;1-2/h1-5,9,14-15H,6-8H2;1-2H3. The van der Waals surface area contributed by atoms with E-state index < -0.39 is 0 Å². The summed E-state index contributed by atoms with van der Waals surface area (Å²) in [5.74, 6) is 0. The molecule has 2 nitrogen and oxygen atoms in total. The summed E-state index contributed by atoms with van der Waals surface area (Å²) in [4.78, 5) is 3.32. The van der Waals surface area contributed by atoms with Crippen LogP contribution >= 0.6 is 0 Å². The zero-order valence-electron chi connectivity index (χ0n) is 10.6. The molecule has 90 valence electrons. The minimum absolute atomic E-state index is 0.995. The second kappa shape index (κ2) is 5.69. The molecule has 2 N–H and O–H groups in total. The summed E-state index contributed by atoms with van der Waals surface area (Å²) in [7, 11) is 0. The van der Waals surface area contributed by atoms with Gasteiger partial charge in [-0.15, -0.1) is 0 Å². The Hall–Kier alpha value is -1.54. The monoisotopic (exact) mass is 228 g/mol. The highest BCUT2D eigenvalue weighted by atomic mass is 14.8. The molecule has 1 aliphatic heterocycles. The molecule has 0 atom stereocenters. The fourth-order valence-electron chi connectivity index (χ4n) is 2.20. The summed E-state index contributed by atoms with van der Waals surface area (Å²) < 4.78 is 0. The first-order valence-electron chi connectivity index (χ1n) is 6.41. The van der Waals surface area contributed by atoms with E-state index in [1.807, 2.05) is 13.8 Å². The molecule has 0 unspecified atom stereocenters. The van der Waals surface area contributed by atoms with Crippen LogP contribution in [0.25, 0.3) is 16.5 Å². The second-order valence-electron chi connectivity index (χ2n) is 3.93. The highest BCUT2D eigenvalue weighted by molar-refractivity contribution is 5.92. The summed E-state index contributed by atoms with van der Waals surface area (Å²) >= 11 is 0. The molecule has 1 aromatic carbocycles. The summed E-state index contributed by atoms with van der Waals surface area (Å²) in [5.41, 5.74) is 4.06. The molecular formula is C15H20N2. The molecule has 0 fully saturated rings. The maximum atomic E-state index is 3.34. The normalized spacial score (nSPS) is 15.1. The topological polar surface area (TPSA) is 27.8 Å². The van der Waals surface area contributed by atoms with Crippen molar-refractivity contribution < 1.29 is 0 Å². The van der Waals surface area contributed by atoms with Crippen LogP contribution in [0.4, 0.5) is 0 Å². The Morgan fingerprint density at radius 1 is 1.12 bits per heavy atom. The van der Waals surface area contributed by atoms with E-state index in [1.54, 1.807) is 0 Å². The number of para-hydroxylation sites is 1. The summed E-state index contributed by atoms with van der Waals surface area (Å²) in [6.07, 6.45) is 5.54. The maximum Gasteiger partial charge on any atom is 0.0460 e. The number of benzene rings is 1. The van der Waals surface area contributed by atoms with E-state index in [-0.39, 0.29) is 0 Å². The minimum atomic E-state index is 0.995. The molecule has 0 amide bonds. The van der Waals surface area contributed by atoms with E-state index in [0.717, 1.165) is 19.5 Å². The number of aromatic nitrogens is 1. The number of H-pyrrole nitrogens is 1. The van der Waals surface area contributed by atoms with E-state index in [1.165, 1.54) is 22.0 Å². The molecule has 1 aliphatic rings. The van der Waals surface area contributed by atoms with Crippen molar-refractivity contribution in [3.8, 4) is 0 Å². The number of fused-ring (bicyclic) bond motifs is 1. The highest BCUT2D eigenvalue weighted by Crippen LogP contribution is 2.27. The molecule has 0 aliphatic carbocycles. The molecule has 2 heterocycles. The number of rotatable bonds is 1. The van der Waals surface area contributed by atoms with E-state index in [9.17, 15) is 0 Å². The van der Waals surface area contributed by atoms with Crippen molar-refractivity contribution in [3.05, 3.63) is 42.1 Å². The number of aromatic amines is 1. The maximum absolute atomic E-state index is 3.34. The van der Waals surface area contributed by atoms with Crippen molar-refractivity contribution in [2.24, 2.45) is 0 Å². The Labute approximate surface area is 103 Å². The van der Waals surface area contributed by atoms with Crippen molar-refractivity contribution in [1.82, 2.24) is 10.3 Å². The molecule has 2 aromatic rings. The molecule has 0 radical (unpaired) electrons. The number of hydrogen-bond donors (Lipinski definition) is 2. The predicted octanol–water partition coefficient (Wildman–Crippen LogP) is 3.57. The van der Waals surface area contributed by atoms with Crippen LogP contribution in [0.3, 0.4) is 0 Å². The smallest absolute Gasteiger partial charge is 0.0460 e. The van der Waals surface area contributed by atoms with Gasteiger partial charge in [0.05, 0.1) is 0 Å². The molecule has 0 saturated heterocycles. The zero-order valence-corrected chi connectivity index (χ0v) is 10.6. The van der Waals surface area contributed by atoms with Crippen molar-refractivity contribution >= 4 is 16.5 Å². The van der Waals surface area contributed by atoms with Crippen LogP contribution in [-0.4, -0.2) is 18.1 Å². The van der Waals surface area contributed by atoms with E-state index >= 15 is 0 Å². The Morgan fingerprint density at radius 3 is 2.71 bits per heavy atom. The predicted molar refractivity (Wildman–Crippen MR) is 75.1 cm³/mol. The van der Waals surface area contributed by atoms with Gasteiger partial charge in [0.1, 0.15) is 0 Å². The lowest BCUT2D eigenvalue weighted by atomic mass is 10.00. The van der Waals surface area contributed by atoms with Gasteiger partial charge in [-0.3, -0.25) is 0 Å². The van der Waals surface area contributed by atoms with Crippen molar-refractivity contribution in [2.45, 2.75) is 20.3 Å². The van der Waals surface area contributed by atoms with Gasteiger partial charge in [0.25, 0.3) is 0 Å². The third-order valence-corrected chi connectivity index (χ3v) is 3.00. The van der Waals surface area contributed by atoms with Gasteiger partial charge in [0.2, 0.25) is 0 Å². The first-order chi connectivity index (χ1) is 8.45. The third-order valence-electron chi connectivity index (χ3n) is 3.00. The van der Waals surface area contributed by atoms with E-state index in [0.29, 0.717) is 0 Å². The zero-order chi connectivity index (χ0) is 12.1. The molecular weight excluding hydrogens is 208 g/mol. The fourth-order valence-corrected chi connectivity index (χ4v) is 2.20. The van der Waals surface area contributed by atoms with E-state index in [2.05, 4.69) is 46.8 Å². The van der Waals surface area contributed by atoms with Crippen LogP contribution in [0.15, 0.2) is 36.5 Å². The van der Waals surface area contributed by atoms with Crippen LogP contribution in [0.1, 0.15) is 25.8 Å². The van der Waals surface area contributed by atoms with Gasteiger partial charge in [-0.25, -0.2) is 0 Å². The van der Waals surface area contributed by atoms with Gasteiger partial charge in [-0.1, -0.05) is 38.1 Å². The van der Waals surface area contributed by atoms with Crippen LogP contribution < -0.4 is 5.32 Å². The van der Waals surface area contributed by atoms with Crippen LogP contribution in [0, 0.1) is 0 Å². The highest BCUT2D eigenvalue weighted by Gasteiger charge is 2.09. The van der Waals surface area contributed by atoms with Crippen LogP contribution in [-0.2, 0) is 0 Å². The molecule has 0 saturated carbocycles. The molecule has 2 heteroatoms. The second-order valence-corrected chi connectivity index (χ2v) is 3.93. The van der Waals surface area contributed by atoms with Gasteiger partial charge in [0.15, 0.2) is 0 Å². The lowest BCUT2D eigenvalue weighted by molar-refractivity contribution is 0.739. The quantitative estimate of drug-likeness (QED) is 0.767. The number of nitrogens with one attached hydrogen (secondary N) is 2. The summed E-state index contributed by atoms with van der Waals surface area (Å²) in [6.45, 7) is 6.08. The number of hydrogen-bond acceptors (Lipinski definition) is 1. The van der Waals surface area contributed by atoms with Crippen LogP contribution in [0.5, 0.6) is 0 Å². The largest absolute Gasteiger partial charge is 0.361 e. The lowest BCUT2D eigenvalue weighted by Crippen LogP contribution is -2.19. The summed E-state index contributed by atoms with van der Waals surface area (Å²) in [5, 5.41) is 4.68. The molecule has 17 heavy (non-hydrogen) atoms. The van der Waals surface area contributed by atoms with Gasteiger partial charge in [-0.2, -0.15) is 0 Å². The summed E-state index contributed by atoms with van der Waals surface area (Å²) in [6, 6.07) is 8.48. The molecule has 1 aromatic heterocycles. The molecule has 3 rings (SSSR count). The average molecular weight is 228 g/mol. The fraction of sp³-hybridized carbons (Fsp3) is 0.333. The Morgan fingerprint density at radius 2 is 1.94 bits per heavy atom. The molecule has 0 bridgehead atoms. The first kappa shape index (κ1) is 11.9. The Bertz CT molecular complexity index is 508.